The number of benzene rings is 1. The van der Waals surface area contributed by atoms with Crippen LogP contribution in [0, 0.1) is 0 Å². The summed E-state index contributed by atoms with van der Waals surface area (Å²) in [5.41, 5.74) is 1.62. The third kappa shape index (κ3) is 3.15. The van der Waals surface area contributed by atoms with E-state index in [1.165, 1.54) is 31.9 Å². The molecule has 0 fully saturated rings. The van der Waals surface area contributed by atoms with Crippen molar-refractivity contribution in [2.45, 2.75) is 6.61 Å². The average Bonchev–Trinajstić information content (AvgIpc) is 3.10. The molecule has 1 aromatic carbocycles. The minimum atomic E-state index is -0.484. The van der Waals surface area contributed by atoms with E-state index in [1.54, 1.807) is 18.2 Å². The summed E-state index contributed by atoms with van der Waals surface area (Å²) < 4.78 is 16.0. The van der Waals surface area contributed by atoms with E-state index in [4.69, 9.17) is 25.8 Å². The topological polar surface area (TPSA) is 95.5 Å². The predicted octanol–water partition coefficient (Wildman–Crippen LogP) is 3.42. The fourth-order valence-electron chi connectivity index (χ4n) is 2.69. The zero-order valence-corrected chi connectivity index (χ0v) is 15.8. The van der Waals surface area contributed by atoms with E-state index in [0.717, 1.165) is 16.1 Å². The van der Waals surface area contributed by atoms with Gasteiger partial charge in [-0.25, -0.2) is 15.0 Å². The maximum Gasteiger partial charge on any atom is 0.268 e. The Hall–Kier alpha value is -2.91. The molecule has 0 spiro atoms. The number of thiazole rings is 1. The van der Waals surface area contributed by atoms with E-state index in [0.29, 0.717) is 22.5 Å². The lowest BCUT2D eigenvalue weighted by Gasteiger charge is -2.16. The Bertz CT molecular complexity index is 1020. The number of carbonyl (C=O) groups excluding carboxylic acids is 1. The number of rotatable bonds is 4. The van der Waals surface area contributed by atoms with Gasteiger partial charge in [-0.2, -0.15) is 0 Å². The number of halogens is 1. The molecule has 3 heterocycles. The van der Waals surface area contributed by atoms with E-state index in [1.807, 2.05) is 0 Å². The summed E-state index contributed by atoms with van der Waals surface area (Å²) >= 11 is 7.41. The Morgan fingerprint density at radius 3 is 2.70 bits per heavy atom. The van der Waals surface area contributed by atoms with Crippen LogP contribution in [0.4, 0.5) is 5.13 Å². The van der Waals surface area contributed by atoms with Crippen LogP contribution >= 0.6 is 22.9 Å². The van der Waals surface area contributed by atoms with Gasteiger partial charge < -0.3 is 14.2 Å². The van der Waals surface area contributed by atoms with Crippen molar-refractivity contribution >= 4 is 34.0 Å². The number of anilines is 1. The molecule has 1 N–H and O–H groups in total. The van der Waals surface area contributed by atoms with Crippen molar-refractivity contribution < 1.29 is 19.0 Å². The number of hydrogen-bond acceptors (Lipinski definition) is 8. The highest BCUT2D eigenvalue weighted by atomic mass is 35.5. The maximum atomic E-state index is 12.7. The van der Waals surface area contributed by atoms with Gasteiger partial charge in [0.15, 0.2) is 10.7 Å². The second-order valence-corrected chi connectivity index (χ2v) is 6.96. The smallest absolute Gasteiger partial charge is 0.268 e. The number of aromatic nitrogens is 3. The lowest BCUT2D eigenvalue weighted by Crippen LogP contribution is -2.16. The molecule has 138 valence electrons. The molecule has 1 aliphatic rings. The molecular formula is C17H13ClN4O4S. The highest BCUT2D eigenvalue weighted by Crippen LogP contribution is 2.42. The minimum Gasteiger partial charge on any atom is -0.487 e. The lowest BCUT2D eigenvalue weighted by atomic mass is 10.1. The van der Waals surface area contributed by atoms with Gasteiger partial charge in [-0.1, -0.05) is 22.9 Å². The molecule has 1 amide bonds. The van der Waals surface area contributed by atoms with E-state index < -0.39 is 5.91 Å². The van der Waals surface area contributed by atoms with Crippen LogP contribution in [0.2, 0.25) is 5.02 Å². The van der Waals surface area contributed by atoms with Crippen LogP contribution in [0.1, 0.15) is 15.2 Å². The Labute approximate surface area is 163 Å². The SMILES string of the molecule is COc1ncnc(OC)c1C(=O)Nc1nc2c(s1)COc1ccc(Cl)cc1-2. The number of amides is 1. The first-order valence-electron chi connectivity index (χ1n) is 7.77. The number of fused-ring (bicyclic) bond motifs is 3. The molecule has 0 aliphatic carbocycles. The Kier molecular flexibility index (Phi) is 4.54. The maximum absolute atomic E-state index is 12.7. The van der Waals surface area contributed by atoms with Crippen LogP contribution in [0.5, 0.6) is 17.5 Å². The fourth-order valence-corrected chi connectivity index (χ4v) is 3.74. The molecule has 0 saturated heterocycles. The second-order valence-electron chi connectivity index (χ2n) is 5.44. The van der Waals surface area contributed by atoms with Crippen molar-refractivity contribution in [3.05, 3.63) is 40.0 Å². The number of nitrogens with zero attached hydrogens (tertiary/aromatic N) is 3. The molecule has 4 rings (SSSR count). The third-order valence-corrected chi connectivity index (χ3v) is 5.04. The lowest BCUT2D eigenvalue weighted by molar-refractivity contribution is 0.101. The Morgan fingerprint density at radius 2 is 2.00 bits per heavy atom. The molecule has 3 aromatic rings. The van der Waals surface area contributed by atoms with E-state index in [-0.39, 0.29) is 17.3 Å². The molecule has 2 aromatic heterocycles. The predicted molar refractivity (Wildman–Crippen MR) is 100.0 cm³/mol. The van der Waals surface area contributed by atoms with Gasteiger partial charge >= 0.3 is 0 Å². The summed E-state index contributed by atoms with van der Waals surface area (Å²) in [6.07, 6.45) is 1.26. The van der Waals surface area contributed by atoms with E-state index >= 15 is 0 Å². The monoisotopic (exact) mass is 404 g/mol. The molecular weight excluding hydrogens is 392 g/mol. The normalized spacial score (nSPS) is 11.8. The molecule has 27 heavy (non-hydrogen) atoms. The van der Waals surface area contributed by atoms with Gasteiger partial charge in [-0.15, -0.1) is 0 Å². The zero-order valence-electron chi connectivity index (χ0n) is 14.3. The van der Waals surface area contributed by atoms with Crippen molar-refractivity contribution in [1.82, 2.24) is 15.0 Å². The first-order chi connectivity index (χ1) is 13.1. The second kappa shape index (κ2) is 7.01. The first-order valence-corrected chi connectivity index (χ1v) is 8.97. The number of carbonyl (C=O) groups is 1. The van der Waals surface area contributed by atoms with Gasteiger partial charge in [0, 0.05) is 10.6 Å². The summed E-state index contributed by atoms with van der Waals surface area (Å²) in [4.78, 5) is 26.1. The van der Waals surface area contributed by atoms with Crippen molar-refractivity contribution in [3.8, 4) is 28.8 Å². The number of methoxy groups -OCH3 is 2. The van der Waals surface area contributed by atoms with Gasteiger partial charge in [-0.05, 0) is 18.2 Å². The van der Waals surface area contributed by atoms with Gasteiger partial charge in [0.1, 0.15) is 18.7 Å². The summed E-state index contributed by atoms with van der Waals surface area (Å²) in [7, 11) is 2.83. The van der Waals surface area contributed by atoms with Crippen molar-refractivity contribution in [3.63, 3.8) is 0 Å². The number of ether oxygens (including phenoxy) is 3. The van der Waals surface area contributed by atoms with Gasteiger partial charge in [0.25, 0.3) is 5.91 Å². The van der Waals surface area contributed by atoms with Crippen LogP contribution in [-0.2, 0) is 6.61 Å². The summed E-state index contributed by atoms with van der Waals surface area (Å²) in [6.45, 7) is 0.374. The third-order valence-electron chi connectivity index (χ3n) is 3.86. The largest absolute Gasteiger partial charge is 0.487 e. The molecule has 0 radical (unpaired) electrons. The van der Waals surface area contributed by atoms with Crippen LogP contribution in [0.25, 0.3) is 11.3 Å². The van der Waals surface area contributed by atoms with Crippen LogP contribution in [0.15, 0.2) is 24.5 Å². The number of hydrogen-bond donors (Lipinski definition) is 1. The summed E-state index contributed by atoms with van der Waals surface area (Å²) in [5, 5.41) is 3.74. The Balaban J connectivity index is 1.67. The van der Waals surface area contributed by atoms with Crippen molar-refractivity contribution in [2.24, 2.45) is 0 Å². The van der Waals surface area contributed by atoms with Gasteiger partial charge in [-0.3, -0.25) is 10.1 Å². The summed E-state index contributed by atoms with van der Waals surface area (Å²) in [5.74, 6) is 0.444. The van der Waals surface area contributed by atoms with Crippen molar-refractivity contribution in [1.29, 1.82) is 0 Å². The van der Waals surface area contributed by atoms with Gasteiger partial charge in [0.05, 0.1) is 24.8 Å². The van der Waals surface area contributed by atoms with E-state index in [2.05, 4.69) is 20.3 Å². The highest BCUT2D eigenvalue weighted by Gasteiger charge is 2.26. The molecule has 0 bridgehead atoms. The average molecular weight is 405 g/mol. The van der Waals surface area contributed by atoms with E-state index in [9.17, 15) is 4.79 Å². The van der Waals surface area contributed by atoms with Crippen LogP contribution in [-0.4, -0.2) is 35.1 Å². The fraction of sp³-hybridized carbons (Fsp3) is 0.176. The Morgan fingerprint density at radius 1 is 1.26 bits per heavy atom. The standard InChI is InChI=1S/C17H13ClN4O4S/c1-24-15-12(16(25-2)20-7-19-15)14(23)22-17-21-13-9-5-8(18)3-4-10(9)26-6-11(13)27-17/h3-5,7H,6H2,1-2H3,(H,21,22,23). The first kappa shape index (κ1) is 17.5. The zero-order chi connectivity index (χ0) is 19.0. The molecule has 0 saturated carbocycles. The molecule has 0 unspecified atom stereocenters. The minimum absolute atomic E-state index is 0.0929. The highest BCUT2D eigenvalue weighted by molar-refractivity contribution is 7.16. The van der Waals surface area contributed by atoms with Crippen molar-refractivity contribution in [2.75, 3.05) is 19.5 Å². The molecule has 8 nitrogen and oxygen atoms in total. The quantitative estimate of drug-likeness (QED) is 0.711. The van der Waals surface area contributed by atoms with Gasteiger partial charge in [0.2, 0.25) is 11.8 Å². The van der Waals surface area contributed by atoms with Crippen LogP contribution < -0.4 is 19.5 Å². The molecule has 10 heteroatoms. The number of nitrogens with one attached hydrogen (secondary N) is 1. The molecule has 1 aliphatic heterocycles. The summed E-state index contributed by atoms with van der Waals surface area (Å²) in [6, 6.07) is 5.35. The van der Waals surface area contributed by atoms with Crippen LogP contribution in [0.3, 0.4) is 0 Å². The molecule has 0 atom stereocenters.